The molecule has 3 rings (SSSR count). The highest BCUT2D eigenvalue weighted by Gasteiger charge is 2.13. The highest BCUT2D eigenvalue weighted by Crippen LogP contribution is 2.21. The third-order valence-corrected chi connectivity index (χ3v) is 5.05. The first kappa shape index (κ1) is 18.3. The van der Waals surface area contributed by atoms with E-state index in [0.29, 0.717) is 22.5 Å². The standard InChI is InChI=1S/C16H16N4O4S2/c1-9-11(10(2)24-18-9)7-25-8-15(22)23-6-14(21)17-12-4-3-5-13-16(12)20-26-19-13/h3-5H,6-8H2,1-2H3,(H,17,21). The lowest BCUT2D eigenvalue weighted by molar-refractivity contribution is -0.144. The molecule has 0 saturated heterocycles. The van der Waals surface area contributed by atoms with Gasteiger partial charge in [-0.05, 0) is 26.0 Å². The van der Waals surface area contributed by atoms with Crippen molar-refractivity contribution in [1.29, 1.82) is 0 Å². The predicted molar refractivity (Wildman–Crippen MR) is 99.1 cm³/mol. The molecule has 0 fully saturated rings. The number of benzene rings is 1. The average molecular weight is 392 g/mol. The second-order valence-electron chi connectivity index (χ2n) is 5.44. The number of carbonyl (C=O) groups is 2. The Bertz CT molecular complexity index is 918. The maximum atomic E-state index is 12.0. The number of anilines is 1. The third kappa shape index (κ3) is 4.38. The molecule has 3 aromatic rings. The van der Waals surface area contributed by atoms with Crippen LogP contribution in [-0.2, 0) is 20.1 Å². The molecule has 8 nitrogen and oxygen atoms in total. The number of fused-ring (bicyclic) bond motifs is 1. The summed E-state index contributed by atoms with van der Waals surface area (Å²) in [5.74, 6) is 0.609. The maximum Gasteiger partial charge on any atom is 0.316 e. The minimum Gasteiger partial charge on any atom is -0.455 e. The van der Waals surface area contributed by atoms with Crippen molar-refractivity contribution < 1.29 is 18.8 Å². The predicted octanol–water partition coefficient (Wildman–Crippen LogP) is 2.71. The summed E-state index contributed by atoms with van der Waals surface area (Å²) < 4.78 is 18.3. The third-order valence-electron chi connectivity index (χ3n) is 3.57. The smallest absolute Gasteiger partial charge is 0.316 e. The molecule has 0 aliphatic heterocycles. The van der Waals surface area contributed by atoms with Gasteiger partial charge in [0, 0.05) is 11.3 Å². The van der Waals surface area contributed by atoms with Crippen molar-refractivity contribution in [2.75, 3.05) is 17.7 Å². The summed E-state index contributed by atoms with van der Waals surface area (Å²) >= 11 is 2.45. The first-order valence-corrected chi connectivity index (χ1v) is 9.59. The van der Waals surface area contributed by atoms with E-state index in [1.54, 1.807) is 12.1 Å². The molecule has 26 heavy (non-hydrogen) atoms. The lowest BCUT2D eigenvalue weighted by Gasteiger charge is -2.07. The van der Waals surface area contributed by atoms with Crippen molar-refractivity contribution in [2.24, 2.45) is 0 Å². The van der Waals surface area contributed by atoms with E-state index in [4.69, 9.17) is 9.26 Å². The Morgan fingerprint density at radius 2 is 2.15 bits per heavy atom. The topological polar surface area (TPSA) is 107 Å². The van der Waals surface area contributed by atoms with Gasteiger partial charge in [0.15, 0.2) is 6.61 Å². The van der Waals surface area contributed by atoms with Crippen molar-refractivity contribution in [3.05, 3.63) is 35.2 Å². The zero-order chi connectivity index (χ0) is 18.5. The zero-order valence-corrected chi connectivity index (χ0v) is 15.8. The Kier molecular flexibility index (Phi) is 5.84. The molecular weight excluding hydrogens is 376 g/mol. The minimum atomic E-state index is -0.453. The van der Waals surface area contributed by atoms with E-state index in [2.05, 4.69) is 19.2 Å². The molecule has 0 aliphatic carbocycles. The summed E-state index contributed by atoms with van der Waals surface area (Å²) in [4.78, 5) is 23.8. The number of nitrogens with zero attached hydrogens (tertiary/aromatic N) is 3. The van der Waals surface area contributed by atoms with E-state index < -0.39 is 11.9 Å². The van der Waals surface area contributed by atoms with E-state index in [1.165, 1.54) is 11.8 Å². The molecule has 2 aromatic heterocycles. The van der Waals surface area contributed by atoms with E-state index in [0.717, 1.165) is 28.7 Å². The van der Waals surface area contributed by atoms with Gasteiger partial charge in [0.2, 0.25) is 0 Å². The highest BCUT2D eigenvalue weighted by molar-refractivity contribution is 7.99. The molecule has 0 saturated carbocycles. The number of thioether (sulfide) groups is 1. The molecule has 1 amide bonds. The van der Waals surface area contributed by atoms with Gasteiger partial charge in [-0.25, -0.2) is 0 Å². The monoisotopic (exact) mass is 392 g/mol. The number of rotatable bonds is 7. The fraction of sp³-hybridized carbons (Fsp3) is 0.312. The number of amides is 1. The number of carbonyl (C=O) groups excluding carboxylic acids is 2. The number of hydrogen-bond acceptors (Lipinski definition) is 9. The number of nitrogens with one attached hydrogen (secondary N) is 1. The van der Waals surface area contributed by atoms with Gasteiger partial charge in [0.25, 0.3) is 5.91 Å². The number of hydrogen-bond donors (Lipinski definition) is 1. The SMILES string of the molecule is Cc1noc(C)c1CSCC(=O)OCC(=O)Nc1cccc2nsnc12. The molecule has 2 heterocycles. The Balaban J connectivity index is 1.43. The largest absolute Gasteiger partial charge is 0.455 e. The van der Waals surface area contributed by atoms with E-state index in [1.807, 2.05) is 19.9 Å². The van der Waals surface area contributed by atoms with Crippen molar-refractivity contribution >= 4 is 52.1 Å². The Hall–Kier alpha value is -2.46. The summed E-state index contributed by atoms with van der Waals surface area (Å²) in [6.07, 6.45) is 0. The normalized spacial score (nSPS) is 10.8. The molecule has 1 aromatic carbocycles. The average Bonchev–Trinajstić information content (AvgIpc) is 3.22. The lowest BCUT2D eigenvalue weighted by atomic mass is 10.2. The summed E-state index contributed by atoms with van der Waals surface area (Å²) in [6, 6.07) is 5.31. The first-order valence-electron chi connectivity index (χ1n) is 7.71. The number of esters is 1. The number of aromatic nitrogens is 3. The number of aryl methyl sites for hydroxylation is 2. The van der Waals surface area contributed by atoms with Crippen LogP contribution in [0.2, 0.25) is 0 Å². The fourth-order valence-electron chi connectivity index (χ4n) is 2.23. The molecule has 136 valence electrons. The van der Waals surface area contributed by atoms with Gasteiger partial charge in [-0.2, -0.15) is 8.75 Å². The molecule has 1 N–H and O–H groups in total. The van der Waals surface area contributed by atoms with Gasteiger partial charge in [-0.1, -0.05) is 11.2 Å². The van der Waals surface area contributed by atoms with Crippen LogP contribution < -0.4 is 5.32 Å². The van der Waals surface area contributed by atoms with Crippen molar-refractivity contribution in [3.8, 4) is 0 Å². The molecule has 0 atom stereocenters. The molecule has 0 aliphatic rings. The van der Waals surface area contributed by atoms with E-state index >= 15 is 0 Å². The van der Waals surface area contributed by atoms with Crippen LogP contribution in [0, 0.1) is 13.8 Å². The second-order valence-corrected chi connectivity index (χ2v) is 6.96. The van der Waals surface area contributed by atoms with Crippen LogP contribution in [0.5, 0.6) is 0 Å². The Labute approximate surface area is 157 Å². The van der Waals surface area contributed by atoms with Crippen LogP contribution in [-0.4, -0.2) is 38.1 Å². The van der Waals surface area contributed by atoms with Crippen LogP contribution in [0.1, 0.15) is 17.0 Å². The van der Waals surface area contributed by atoms with E-state index in [9.17, 15) is 9.59 Å². The second kappa shape index (κ2) is 8.28. The molecular formula is C16H16N4O4S2. The Morgan fingerprint density at radius 1 is 1.31 bits per heavy atom. The molecule has 0 bridgehead atoms. The van der Waals surface area contributed by atoms with Crippen LogP contribution in [0.3, 0.4) is 0 Å². The molecule has 0 radical (unpaired) electrons. The van der Waals surface area contributed by atoms with Gasteiger partial charge in [0.1, 0.15) is 16.8 Å². The maximum absolute atomic E-state index is 12.0. The van der Waals surface area contributed by atoms with Crippen LogP contribution in [0.4, 0.5) is 5.69 Å². The molecule has 0 unspecified atom stereocenters. The van der Waals surface area contributed by atoms with Gasteiger partial charge in [-0.3, -0.25) is 9.59 Å². The van der Waals surface area contributed by atoms with Crippen molar-refractivity contribution in [2.45, 2.75) is 19.6 Å². The Morgan fingerprint density at radius 3 is 2.92 bits per heavy atom. The summed E-state index contributed by atoms with van der Waals surface area (Å²) in [5.41, 5.74) is 3.66. The fourth-order valence-corrected chi connectivity index (χ4v) is 3.74. The van der Waals surface area contributed by atoms with Gasteiger partial charge in [-0.15, -0.1) is 11.8 Å². The minimum absolute atomic E-state index is 0.142. The number of ether oxygens (including phenoxy) is 1. The summed E-state index contributed by atoms with van der Waals surface area (Å²) in [6.45, 7) is 3.34. The van der Waals surface area contributed by atoms with Gasteiger partial charge >= 0.3 is 5.97 Å². The quantitative estimate of drug-likeness (QED) is 0.612. The highest BCUT2D eigenvalue weighted by atomic mass is 32.2. The van der Waals surface area contributed by atoms with Crippen molar-refractivity contribution in [1.82, 2.24) is 13.9 Å². The molecule has 10 heteroatoms. The summed E-state index contributed by atoms with van der Waals surface area (Å²) in [5, 5.41) is 6.55. The van der Waals surface area contributed by atoms with Crippen LogP contribution >= 0.6 is 23.5 Å². The van der Waals surface area contributed by atoms with Gasteiger partial charge in [0.05, 0.1) is 28.9 Å². The van der Waals surface area contributed by atoms with Gasteiger partial charge < -0.3 is 14.6 Å². The van der Waals surface area contributed by atoms with Crippen LogP contribution in [0.25, 0.3) is 11.0 Å². The molecule has 0 spiro atoms. The van der Waals surface area contributed by atoms with E-state index in [-0.39, 0.29) is 12.4 Å². The zero-order valence-electron chi connectivity index (χ0n) is 14.1. The first-order chi connectivity index (χ1) is 12.5. The van der Waals surface area contributed by atoms with Crippen molar-refractivity contribution in [3.63, 3.8) is 0 Å². The lowest BCUT2D eigenvalue weighted by Crippen LogP contribution is -2.21. The van der Waals surface area contributed by atoms with Crippen LogP contribution in [0.15, 0.2) is 22.7 Å². The summed E-state index contributed by atoms with van der Waals surface area (Å²) in [7, 11) is 0.